The van der Waals surface area contributed by atoms with Gasteiger partial charge in [0.05, 0.1) is 16.8 Å². The molecule has 1 N–H and O–H groups in total. The van der Waals surface area contributed by atoms with Gasteiger partial charge in [0, 0.05) is 32.2 Å². The first-order chi connectivity index (χ1) is 11.7. The Morgan fingerprint density at radius 2 is 2.04 bits per heavy atom. The topological polar surface area (TPSA) is 48.5 Å². The smallest absolute Gasteiger partial charge is 0.317 e. The Hall–Kier alpha value is -1.66. The van der Waals surface area contributed by atoms with E-state index >= 15 is 0 Å². The van der Waals surface area contributed by atoms with Crippen molar-refractivity contribution in [2.45, 2.75) is 44.3 Å². The van der Waals surface area contributed by atoms with Crippen molar-refractivity contribution in [3.8, 4) is 0 Å². The van der Waals surface area contributed by atoms with Gasteiger partial charge in [-0.1, -0.05) is 12.1 Å². The van der Waals surface area contributed by atoms with Gasteiger partial charge in [0.15, 0.2) is 0 Å². The molecule has 6 heteroatoms. The molecule has 24 heavy (non-hydrogen) atoms. The number of piperidine rings is 1. The first-order valence-electron chi connectivity index (χ1n) is 8.79. The van der Waals surface area contributed by atoms with Gasteiger partial charge < -0.3 is 15.1 Å². The summed E-state index contributed by atoms with van der Waals surface area (Å²) in [5, 5.41) is 4.17. The molecule has 1 saturated carbocycles. The number of benzene rings is 1. The lowest BCUT2D eigenvalue weighted by Gasteiger charge is -2.33. The Bertz CT molecular complexity index is 686. The summed E-state index contributed by atoms with van der Waals surface area (Å²) in [6.45, 7) is 2.81. The maximum atomic E-state index is 12.4. The van der Waals surface area contributed by atoms with Crippen molar-refractivity contribution in [1.82, 2.24) is 20.1 Å². The summed E-state index contributed by atoms with van der Waals surface area (Å²) in [7, 11) is 1.85. The zero-order chi connectivity index (χ0) is 16.5. The standard InChI is InChI=1S/C18H24N4OS/c1-21(12-17-20-15-4-2-3-5-16(15)24-17)18(23)19-13-8-10-22(11-9-13)14-6-7-14/h2-5,13-14H,6-12H2,1H3,(H,19,23). The van der Waals surface area contributed by atoms with Crippen molar-refractivity contribution in [2.75, 3.05) is 20.1 Å². The number of hydrogen-bond acceptors (Lipinski definition) is 4. The molecule has 0 unspecified atom stereocenters. The summed E-state index contributed by atoms with van der Waals surface area (Å²) in [6, 6.07) is 9.27. The van der Waals surface area contributed by atoms with Crippen LogP contribution in [0.5, 0.6) is 0 Å². The first kappa shape index (κ1) is 15.8. The number of para-hydroxylation sites is 1. The zero-order valence-electron chi connectivity index (χ0n) is 14.1. The van der Waals surface area contributed by atoms with Crippen molar-refractivity contribution < 1.29 is 4.79 Å². The number of carbonyl (C=O) groups is 1. The van der Waals surface area contributed by atoms with Gasteiger partial charge in [-0.3, -0.25) is 0 Å². The molecule has 1 aliphatic heterocycles. The van der Waals surface area contributed by atoms with Crippen molar-refractivity contribution in [1.29, 1.82) is 0 Å². The van der Waals surface area contributed by atoms with Crippen LogP contribution in [0.1, 0.15) is 30.7 Å². The van der Waals surface area contributed by atoms with Crippen LogP contribution >= 0.6 is 11.3 Å². The molecule has 2 fully saturated rings. The summed E-state index contributed by atoms with van der Waals surface area (Å²) in [5.41, 5.74) is 1.01. The monoisotopic (exact) mass is 344 g/mol. The fourth-order valence-electron chi connectivity index (χ4n) is 3.40. The van der Waals surface area contributed by atoms with Crippen LogP contribution in [-0.2, 0) is 6.54 Å². The molecule has 2 amide bonds. The van der Waals surface area contributed by atoms with Crippen molar-refractivity contribution >= 4 is 27.6 Å². The van der Waals surface area contributed by atoms with E-state index in [4.69, 9.17) is 0 Å². The number of carbonyl (C=O) groups excluding carboxylic acids is 1. The van der Waals surface area contributed by atoms with E-state index in [0.29, 0.717) is 12.6 Å². The molecule has 1 saturated heterocycles. The minimum atomic E-state index is 0.0131. The summed E-state index contributed by atoms with van der Waals surface area (Å²) < 4.78 is 1.17. The average molecular weight is 344 g/mol. The molecule has 1 aliphatic carbocycles. The predicted molar refractivity (Wildman–Crippen MR) is 97.2 cm³/mol. The Kier molecular flexibility index (Phi) is 4.41. The summed E-state index contributed by atoms with van der Waals surface area (Å²) in [5.74, 6) is 0. The number of aromatic nitrogens is 1. The first-order valence-corrected chi connectivity index (χ1v) is 9.61. The summed E-state index contributed by atoms with van der Waals surface area (Å²) in [4.78, 5) is 21.4. The lowest BCUT2D eigenvalue weighted by atomic mass is 10.1. The number of nitrogens with zero attached hydrogens (tertiary/aromatic N) is 3. The number of thiazole rings is 1. The number of amides is 2. The fraction of sp³-hybridized carbons (Fsp3) is 0.556. The summed E-state index contributed by atoms with van der Waals surface area (Å²) >= 11 is 1.66. The van der Waals surface area contributed by atoms with Crippen molar-refractivity contribution in [2.24, 2.45) is 0 Å². The average Bonchev–Trinajstić information content (AvgIpc) is 3.35. The van der Waals surface area contributed by atoms with Gasteiger partial charge in [0.1, 0.15) is 5.01 Å². The van der Waals surface area contributed by atoms with Gasteiger partial charge in [-0.25, -0.2) is 9.78 Å². The van der Waals surface area contributed by atoms with Crippen LogP contribution in [0, 0.1) is 0 Å². The maximum absolute atomic E-state index is 12.4. The van der Waals surface area contributed by atoms with Crippen LogP contribution < -0.4 is 5.32 Å². The third-order valence-corrected chi connectivity index (χ3v) is 6.00. The van der Waals surface area contributed by atoms with Crippen LogP contribution in [0.2, 0.25) is 0 Å². The highest BCUT2D eigenvalue weighted by molar-refractivity contribution is 7.18. The normalized spacial score (nSPS) is 19.5. The molecule has 1 aromatic heterocycles. The molecule has 2 aliphatic rings. The Balaban J connectivity index is 1.29. The van der Waals surface area contributed by atoms with Crippen LogP contribution in [0.3, 0.4) is 0 Å². The third kappa shape index (κ3) is 3.54. The second kappa shape index (κ2) is 6.69. The van der Waals surface area contributed by atoms with Crippen LogP contribution in [0.4, 0.5) is 4.79 Å². The molecule has 2 heterocycles. The second-order valence-corrected chi connectivity index (χ2v) is 8.04. The fourth-order valence-corrected chi connectivity index (χ4v) is 4.42. The number of fused-ring (bicyclic) bond motifs is 1. The van der Waals surface area contributed by atoms with Crippen LogP contribution in [0.15, 0.2) is 24.3 Å². The number of hydrogen-bond donors (Lipinski definition) is 1. The van der Waals surface area contributed by atoms with E-state index < -0.39 is 0 Å². The minimum absolute atomic E-state index is 0.0131. The van der Waals surface area contributed by atoms with Gasteiger partial charge in [-0.05, 0) is 37.8 Å². The highest BCUT2D eigenvalue weighted by atomic mass is 32.1. The molecule has 0 bridgehead atoms. The molecule has 5 nitrogen and oxygen atoms in total. The molecular formula is C18H24N4OS. The maximum Gasteiger partial charge on any atom is 0.317 e. The number of nitrogens with one attached hydrogen (secondary N) is 1. The Morgan fingerprint density at radius 3 is 2.75 bits per heavy atom. The molecule has 1 aromatic carbocycles. The second-order valence-electron chi connectivity index (χ2n) is 6.92. The van der Waals surface area contributed by atoms with Gasteiger partial charge in [0.2, 0.25) is 0 Å². The van der Waals surface area contributed by atoms with E-state index in [9.17, 15) is 4.79 Å². The lowest BCUT2D eigenvalue weighted by molar-refractivity contribution is 0.173. The van der Waals surface area contributed by atoms with E-state index in [-0.39, 0.29) is 6.03 Å². The highest BCUT2D eigenvalue weighted by Crippen LogP contribution is 2.29. The molecule has 4 rings (SSSR count). The molecule has 128 valence electrons. The van der Waals surface area contributed by atoms with Crippen LogP contribution in [0.25, 0.3) is 10.2 Å². The molecule has 0 spiro atoms. The number of urea groups is 1. The molecular weight excluding hydrogens is 320 g/mol. The number of likely N-dealkylation sites (tertiary alicyclic amines) is 1. The quantitative estimate of drug-likeness (QED) is 0.927. The lowest BCUT2D eigenvalue weighted by Crippen LogP contribution is -2.48. The predicted octanol–water partition coefficient (Wildman–Crippen LogP) is 3.06. The Labute approximate surface area is 146 Å². The van der Waals surface area contributed by atoms with Gasteiger partial charge in [0.25, 0.3) is 0 Å². The molecule has 0 radical (unpaired) electrons. The van der Waals surface area contributed by atoms with Gasteiger partial charge >= 0.3 is 6.03 Å². The van der Waals surface area contributed by atoms with Gasteiger partial charge in [-0.2, -0.15) is 0 Å². The number of rotatable bonds is 4. The largest absolute Gasteiger partial charge is 0.335 e. The van der Waals surface area contributed by atoms with Crippen molar-refractivity contribution in [3.63, 3.8) is 0 Å². The van der Waals surface area contributed by atoms with Crippen LogP contribution in [-0.4, -0.2) is 53.0 Å². The molecule has 2 aromatic rings. The summed E-state index contributed by atoms with van der Waals surface area (Å²) in [6.07, 6.45) is 4.86. The van der Waals surface area contributed by atoms with Crippen molar-refractivity contribution in [3.05, 3.63) is 29.3 Å². The third-order valence-electron chi connectivity index (χ3n) is 4.98. The van der Waals surface area contributed by atoms with E-state index in [1.54, 1.807) is 16.2 Å². The van der Waals surface area contributed by atoms with E-state index in [0.717, 1.165) is 42.5 Å². The highest BCUT2D eigenvalue weighted by Gasteiger charge is 2.32. The minimum Gasteiger partial charge on any atom is -0.335 e. The Morgan fingerprint density at radius 1 is 1.29 bits per heavy atom. The SMILES string of the molecule is CN(Cc1nc2ccccc2s1)C(=O)NC1CCN(C2CC2)CC1. The molecule has 0 atom stereocenters. The van der Waals surface area contributed by atoms with Gasteiger partial charge in [-0.15, -0.1) is 11.3 Å². The van der Waals surface area contributed by atoms with E-state index in [1.165, 1.54) is 17.5 Å². The van der Waals surface area contributed by atoms with E-state index in [2.05, 4.69) is 21.3 Å². The van der Waals surface area contributed by atoms with E-state index in [1.807, 2.05) is 25.2 Å². The zero-order valence-corrected chi connectivity index (χ0v) is 14.9.